The van der Waals surface area contributed by atoms with E-state index in [2.05, 4.69) is 17.0 Å². The third kappa shape index (κ3) is 4.92. The fourth-order valence-corrected chi connectivity index (χ4v) is 2.16. The average molecular weight is 323 g/mol. The van der Waals surface area contributed by atoms with Crippen LogP contribution in [-0.2, 0) is 21.5 Å². The van der Waals surface area contributed by atoms with Gasteiger partial charge in [0.25, 0.3) is 5.91 Å². The molecule has 1 aromatic heterocycles. The van der Waals surface area contributed by atoms with Gasteiger partial charge in [0.05, 0.1) is 36.2 Å². The van der Waals surface area contributed by atoms with Crippen LogP contribution in [-0.4, -0.2) is 46.0 Å². The van der Waals surface area contributed by atoms with Crippen molar-refractivity contribution >= 4 is 11.9 Å². The van der Waals surface area contributed by atoms with Crippen LogP contribution >= 0.6 is 0 Å². The van der Waals surface area contributed by atoms with Crippen molar-refractivity contribution in [2.45, 2.75) is 45.7 Å². The number of ether oxygens (including phenoxy) is 1. The van der Waals surface area contributed by atoms with Gasteiger partial charge in [-0.3, -0.25) is 9.48 Å². The maximum atomic E-state index is 12.4. The lowest BCUT2D eigenvalue weighted by Crippen LogP contribution is -2.44. The number of carbonyl (C=O) groups excluding carboxylic acids is 1. The van der Waals surface area contributed by atoms with Gasteiger partial charge >= 0.3 is 5.97 Å². The Bertz CT molecular complexity index is 572. The van der Waals surface area contributed by atoms with Gasteiger partial charge in [-0.2, -0.15) is 5.10 Å². The summed E-state index contributed by atoms with van der Waals surface area (Å²) in [6, 6.07) is -1.12. The normalized spacial score (nSPS) is 12.7. The van der Waals surface area contributed by atoms with Crippen LogP contribution in [0.25, 0.3) is 0 Å². The molecule has 1 amide bonds. The van der Waals surface area contributed by atoms with E-state index in [0.29, 0.717) is 12.0 Å². The highest BCUT2D eigenvalue weighted by Gasteiger charge is 2.26. The molecule has 7 nitrogen and oxygen atoms in total. The van der Waals surface area contributed by atoms with E-state index in [-0.39, 0.29) is 18.8 Å². The SMILES string of the molecule is C=CCOCC(NC(=O)c1cnn(C(C)(C)C)c1CC)C(=O)O. The van der Waals surface area contributed by atoms with Crippen LogP contribution < -0.4 is 5.32 Å². The molecule has 0 spiro atoms. The predicted octanol–water partition coefficient (Wildman–Crippen LogP) is 1.59. The van der Waals surface area contributed by atoms with Gasteiger partial charge in [-0.1, -0.05) is 13.0 Å². The summed E-state index contributed by atoms with van der Waals surface area (Å²) in [6.07, 6.45) is 3.61. The minimum absolute atomic E-state index is 0.123. The average Bonchev–Trinajstić information content (AvgIpc) is 2.90. The summed E-state index contributed by atoms with van der Waals surface area (Å²) >= 11 is 0. The summed E-state index contributed by atoms with van der Waals surface area (Å²) in [5, 5.41) is 15.9. The summed E-state index contributed by atoms with van der Waals surface area (Å²) in [5.41, 5.74) is 0.895. The van der Waals surface area contributed by atoms with E-state index in [9.17, 15) is 14.7 Å². The molecule has 1 heterocycles. The lowest BCUT2D eigenvalue weighted by atomic mass is 10.1. The van der Waals surface area contributed by atoms with Crippen LogP contribution in [0.2, 0.25) is 0 Å². The van der Waals surface area contributed by atoms with Crippen LogP contribution in [0, 0.1) is 0 Å². The summed E-state index contributed by atoms with van der Waals surface area (Å²) in [7, 11) is 0. The zero-order chi connectivity index (χ0) is 17.6. The van der Waals surface area contributed by atoms with E-state index in [1.807, 2.05) is 27.7 Å². The largest absolute Gasteiger partial charge is 0.480 e. The van der Waals surface area contributed by atoms with Crippen molar-refractivity contribution in [3.8, 4) is 0 Å². The van der Waals surface area contributed by atoms with E-state index in [0.717, 1.165) is 5.69 Å². The summed E-state index contributed by atoms with van der Waals surface area (Å²) in [4.78, 5) is 23.6. The number of carboxylic acids is 1. The monoisotopic (exact) mass is 323 g/mol. The number of hydrogen-bond acceptors (Lipinski definition) is 4. The van der Waals surface area contributed by atoms with Crippen molar-refractivity contribution in [3.05, 3.63) is 30.1 Å². The number of nitrogens with one attached hydrogen (secondary N) is 1. The van der Waals surface area contributed by atoms with Gasteiger partial charge in [0.2, 0.25) is 0 Å². The van der Waals surface area contributed by atoms with Gasteiger partial charge in [-0.15, -0.1) is 6.58 Å². The van der Waals surface area contributed by atoms with Crippen LogP contribution in [0.4, 0.5) is 0 Å². The van der Waals surface area contributed by atoms with Crippen molar-refractivity contribution in [2.75, 3.05) is 13.2 Å². The first-order valence-corrected chi connectivity index (χ1v) is 7.52. The van der Waals surface area contributed by atoms with Crippen molar-refractivity contribution in [1.82, 2.24) is 15.1 Å². The Hall–Kier alpha value is -2.15. The minimum Gasteiger partial charge on any atom is -0.480 e. The zero-order valence-corrected chi connectivity index (χ0v) is 14.1. The summed E-state index contributed by atoms with van der Waals surface area (Å²) in [5.74, 6) is -1.62. The molecule has 1 unspecified atom stereocenters. The molecule has 7 heteroatoms. The van der Waals surface area contributed by atoms with Crippen molar-refractivity contribution < 1.29 is 19.4 Å². The fraction of sp³-hybridized carbons (Fsp3) is 0.562. The summed E-state index contributed by atoms with van der Waals surface area (Å²) < 4.78 is 6.91. The third-order valence-electron chi connectivity index (χ3n) is 3.21. The first kappa shape index (κ1) is 18.9. The molecule has 0 aliphatic carbocycles. The quantitative estimate of drug-likeness (QED) is 0.560. The number of aliphatic carboxylic acids is 1. The molecular weight excluding hydrogens is 298 g/mol. The van der Waals surface area contributed by atoms with E-state index in [1.54, 1.807) is 4.68 Å². The van der Waals surface area contributed by atoms with Crippen LogP contribution in [0.1, 0.15) is 43.7 Å². The van der Waals surface area contributed by atoms with E-state index in [1.165, 1.54) is 12.3 Å². The van der Waals surface area contributed by atoms with E-state index >= 15 is 0 Å². The number of carboxylic acid groups (broad SMARTS) is 1. The van der Waals surface area contributed by atoms with Crippen molar-refractivity contribution in [2.24, 2.45) is 0 Å². The molecule has 128 valence electrons. The molecule has 0 aromatic carbocycles. The standard InChI is InChI=1S/C16H25N3O4/c1-6-8-23-10-12(15(21)22)18-14(20)11-9-17-19(13(11)7-2)16(3,4)5/h6,9,12H,1,7-8,10H2,2-5H3,(H,18,20)(H,21,22). The smallest absolute Gasteiger partial charge is 0.328 e. The number of carbonyl (C=O) groups is 2. The molecule has 0 saturated heterocycles. The molecule has 0 aliphatic rings. The molecule has 1 atom stereocenters. The predicted molar refractivity (Wildman–Crippen MR) is 86.5 cm³/mol. The molecule has 0 fully saturated rings. The second-order valence-electron chi connectivity index (χ2n) is 6.13. The Morgan fingerprint density at radius 3 is 2.65 bits per heavy atom. The molecule has 0 bridgehead atoms. The van der Waals surface area contributed by atoms with Gasteiger partial charge < -0.3 is 15.2 Å². The zero-order valence-electron chi connectivity index (χ0n) is 14.1. The second-order valence-corrected chi connectivity index (χ2v) is 6.13. The van der Waals surface area contributed by atoms with E-state index in [4.69, 9.17) is 4.74 Å². The van der Waals surface area contributed by atoms with Crippen LogP contribution in [0.3, 0.4) is 0 Å². The molecular formula is C16H25N3O4. The molecule has 0 saturated carbocycles. The minimum atomic E-state index is -1.15. The Morgan fingerprint density at radius 1 is 1.52 bits per heavy atom. The first-order valence-electron chi connectivity index (χ1n) is 7.52. The number of nitrogens with zero attached hydrogens (tertiary/aromatic N) is 2. The van der Waals surface area contributed by atoms with Gasteiger partial charge in [0, 0.05) is 0 Å². The maximum absolute atomic E-state index is 12.4. The van der Waals surface area contributed by atoms with Gasteiger partial charge in [-0.05, 0) is 27.2 Å². The highest BCUT2D eigenvalue weighted by molar-refractivity contribution is 5.97. The molecule has 0 radical (unpaired) electrons. The Labute approximate surface area is 136 Å². The first-order chi connectivity index (χ1) is 10.7. The highest BCUT2D eigenvalue weighted by Crippen LogP contribution is 2.19. The Morgan fingerprint density at radius 2 is 2.17 bits per heavy atom. The fourth-order valence-electron chi connectivity index (χ4n) is 2.16. The Kier molecular flexibility index (Phi) is 6.50. The van der Waals surface area contributed by atoms with Crippen LogP contribution in [0.15, 0.2) is 18.9 Å². The third-order valence-corrected chi connectivity index (χ3v) is 3.21. The molecule has 2 N–H and O–H groups in total. The Balaban J connectivity index is 2.93. The van der Waals surface area contributed by atoms with Crippen molar-refractivity contribution in [3.63, 3.8) is 0 Å². The number of hydrogen-bond donors (Lipinski definition) is 2. The molecule has 23 heavy (non-hydrogen) atoms. The topological polar surface area (TPSA) is 93.5 Å². The maximum Gasteiger partial charge on any atom is 0.328 e. The number of rotatable bonds is 8. The van der Waals surface area contributed by atoms with Gasteiger partial charge in [0.15, 0.2) is 6.04 Å². The van der Waals surface area contributed by atoms with E-state index < -0.39 is 17.9 Å². The molecule has 0 aliphatic heterocycles. The van der Waals surface area contributed by atoms with Gasteiger partial charge in [-0.25, -0.2) is 4.79 Å². The van der Waals surface area contributed by atoms with Crippen molar-refractivity contribution in [1.29, 1.82) is 0 Å². The highest BCUT2D eigenvalue weighted by atomic mass is 16.5. The number of aromatic nitrogens is 2. The second kappa shape index (κ2) is 7.92. The lowest BCUT2D eigenvalue weighted by molar-refractivity contribution is -0.140. The van der Waals surface area contributed by atoms with Crippen LogP contribution in [0.5, 0.6) is 0 Å². The summed E-state index contributed by atoms with van der Waals surface area (Å²) in [6.45, 7) is 11.5. The van der Waals surface area contributed by atoms with Gasteiger partial charge in [0.1, 0.15) is 0 Å². The lowest BCUT2D eigenvalue weighted by Gasteiger charge is -2.22. The number of amides is 1. The molecule has 1 rings (SSSR count). The molecule has 1 aromatic rings.